The number of nitrogens with two attached hydrogens (primary N) is 1. The van der Waals surface area contributed by atoms with Crippen LogP contribution in [0.25, 0.3) is 0 Å². The molecule has 0 spiro atoms. The lowest BCUT2D eigenvalue weighted by Gasteiger charge is -2.45. The van der Waals surface area contributed by atoms with E-state index in [1.807, 2.05) is 0 Å². The van der Waals surface area contributed by atoms with E-state index in [1.165, 1.54) is 23.2 Å². The first-order chi connectivity index (χ1) is 8.92. The van der Waals surface area contributed by atoms with Gasteiger partial charge in [0.1, 0.15) is 0 Å². The van der Waals surface area contributed by atoms with Crippen LogP contribution in [-0.4, -0.2) is 19.6 Å². The lowest BCUT2D eigenvalue weighted by Crippen LogP contribution is -2.46. The van der Waals surface area contributed by atoms with Gasteiger partial charge < -0.3 is 10.6 Å². The molecule has 2 nitrogen and oxygen atoms in total. The Balaban J connectivity index is 2.16. The number of anilines is 1. The van der Waals surface area contributed by atoms with Crippen molar-refractivity contribution < 1.29 is 0 Å². The second-order valence-electron chi connectivity index (χ2n) is 6.82. The first-order valence-corrected chi connectivity index (χ1v) is 7.46. The van der Waals surface area contributed by atoms with E-state index in [2.05, 4.69) is 50.8 Å². The Morgan fingerprint density at radius 1 is 1.21 bits per heavy atom. The molecule has 106 valence electrons. The molecule has 2 N–H and O–H groups in total. The van der Waals surface area contributed by atoms with E-state index in [0.717, 1.165) is 32.0 Å². The second kappa shape index (κ2) is 5.54. The highest BCUT2D eigenvalue weighted by Gasteiger charge is 2.35. The van der Waals surface area contributed by atoms with Gasteiger partial charge in [0.25, 0.3) is 0 Å². The summed E-state index contributed by atoms with van der Waals surface area (Å²) in [5.41, 5.74) is 10.2. The van der Waals surface area contributed by atoms with E-state index in [9.17, 15) is 0 Å². The maximum Gasteiger partial charge on any atom is 0.0371 e. The minimum Gasteiger partial charge on any atom is -0.371 e. The Bertz CT molecular complexity index is 417. The summed E-state index contributed by atoms with van der Waals surface area (Å²) in [5, 5.41) is 0. The van der Waals surface area contributed by atoms with Gasteiger partial charge in [-0.05, 0) is 67.8 Å². The number of hydrogen-bond acceptors (Lipinski definition) is 2. The van der Waals surface area contributed by atoms with Crippen LogP contribution in [0.5, 0.6) is 0 Å². The number of benzene rings is 1. The van der Waals surface area contributed by atoms with E-state index >= 15 is 0 Å². The van der Waals surface area contributed by atoms with Crippen molar-refractivity contribution in [3.05, 3.63) is 29.3 Å². The Morgan fingerprint density at radius 2 is 1.84 bits per heavy atom. The molecule has 1 atom stereocenters. The summed E-state index contributed by atoms with van der Waals surface area (Å²) in [7, 11) is 0. The lowest BCUT2D eigenvalue weighted by atomic mass is 9.72. The molecule has 19 heavy (non-hydrogen) atoms. The van der Waals surface area contributed by atoms with Gasteiger partial charge in [0.05, 0.1) is 0 Å². The van der Waals surface area contributed by atoms with Crippen LogP contribution >= 0.6 is 0 Å². The van der Waals surface area contributed by atoms with Gasteiger partial charge in [0, 0.05) is 18.8 Å². The van der Waals surface area contributed by atoms with Crippen molar-refractivity contribution in [2.45, 2.75) is 40.5 Å². The number of nitrogens with zero attached hydrogens (tertiary/aromatic N) is 1. The van der Waals surface area contributed by atoms with Crippen molar-refractivity contribution >= 4 is 5.69 Å². The van der Waals surface area contributed by atoms with E-state index in [4.69, 9.17) is 5.73 Å². The quantitative estimate of drug-likeness (QED) is 0.901. The largest absolute Gasteiger partial charge is 0.371 e. The van der Waals surface area contributed by atoms with Crippen molar-refractivity contribution in [2.75, 3.05) is 24.5 Å². The molecule has 0 aromatic heterocycles. The first kappa shape index (κ1) is 14.4. The third-order valence-electron chi connectivity index (χ3n) is 4.54. The van der Waals surface area contributed by atoms with Crippen molar-refractivity contribution in [3.8, 4) is 0 Å². The highest BCUT2D eigenvalue weighted by Crippen LogP contribution is 2.38. The van der Waals surface area contributed by atoms with Crippen molar-refractivity contribution in [1.29, 1.82) is 0 Å². The van der Waals surface area contributed by atoms with E-state index in [1.54, 1.807) is 0 Å². The number of aryl methyl sites for hydroxylation is 2. The minimum atomic E-state index is 0.356. The molecule has 1 heterocycles. The fraction of sp³-hybridized carbons (Fsp3) is 0.647. The topological polar surface area (TPSA) is 29.3 Å². The molecule has 1 aromatic carbocycles. The average molecular weight is 260 g/mol. The molecule has 0 radical (unpaired) electrons. The standard InChI is InChI=1S/C17H28N2/c1-13-9-14(2)11-16(10-13)19-8-6-15(5-7-18)17(3,4)12-19/h9-11,15H,5-8,12,18H2,1-4H3. The van der Waals surface area contributed by atoms with Gasteiger partial charge in [-0.15, -0.1) is 0 Å². The molecular weight excluding hydrogens is 232 g/mol. The zero-order valence-electron chi connectivity index (χ0n) is 12.9. The van der Waals surface area contributed by atoms with Crippen LogP contribution < -0.4 is 10.6 Å². The Kier molecular flexibility index (Phi) is 4.19. The molecule has 0 aliphatic carbocycles. The van der Waals surface area contributed by atoms with Crippen LogP contribution in [0.2, 0.25) is 0 Å². The van der Waals surface area contributed by atoms with Gasteiger partial charge in [-0.3, -0.25) is 0 Å². The van der Waals surface area contributed by atoms with E-state index < -0.39 is 0 Å². The van der Waals surface area contributed by atoms with Gasteiger partial charge in [-0.1, -0.05) is 19.9 Å². The van der Waals surface area contributed by atoms with Crippen LogP contribution in [0.15, 0.2) is 18.2 Å². The molecule has 0 saturated carbocycles. The van der Waals surface area contributed by atoms with Gasteiger partial charge in [-0.25, -0.2) is 0 Å². The molecule has 1 aliphatic heterocycles. The zero-order chi connectivity index (χ0) is 14.0. The molecule has 1 saturated heterocycles. The Hall–Kier alpha value is -1.02. The smallest absolute Gasteiger partial charge is 0.0371 e. The monoisotopic (exact) mass is 260 g/mol. The third-order valence-corrected chi connectivity index (χ3v) is 4.54. The van der Waals surface area contributed by atoms with Gasteiger partial charge in [-0.2, -0.15) is 0 Å². The highest BCUT2D eigenvalue weighted by atomic mass is 15.1. The van der Waals surface area contributed by atoms with Crippen LogP contribution in [0.4, 0.5) is 5.69 Å². The highest BCUT2D eigenvalue weighted by molar-refractivity contribution is 5.51. The third kappa shape index (κ3) is 3.30. The summed E-state index contributed by atoms with van der Waals surface area (Å²) in [6, 6.07) is 6.87. The molecule has 0 amide bonds. The first-order valence-electron chi connectivity index (χ1n) is 7.46. The van der Waals surface area contributed by atoms with Crippen LogP contribution in [0.1, 0.15) is 37.8 Å². The van der Waals surface area contributed by atoms with Crippen molar-refractivity contribution in [2.24, 2.45) is 17.1 Å². The molecule has 2 rings (SSSR count). The van der Waals surface area contributed by atoms with Crippen molar-refractivity contribution in [1.82, 2.24) is 0 Å². The molecule has 1 aromatic rings. The maximum atomic E-state index is 5.75. The summed E-state index contributed by atoms with van der Waals surface area (Å²) >= 11 is 0. The number of rotatable bonds is 3. The van der Waals surface area contributed by atoms with Crippen LogP contribution in [0, 0.1) is 25.2 Å². The molecule has 1 unspecified atom stereocenters. The average Bonchev–Trinajstić information content (AvgIpc) is 2.30. The minimum absolute atomic E-state index is 0.356. The van der Waals surface area contributed by atoms with Gasteiger partial charge >= 0.3 is 0 Å². The summed E-state index contributed by atoms with van der Waals surface area (Å²) < 4.78 is 0. The number of hydrogen-bond donors (Lipinski definition) is 1. The summed E-state index contributed by atoms with van der Waals surface area (Å²) in [6.45, 7) is 12.3. The predicted molar refractivity (Wildman–Crippen MR) is 83.7 cm³/mol. The van der Waals surface area contributed by atoms with E-state index in [-0.39, 0.29) is 0 Å². The summed E-state index contributed by atoms with van der Waals surface area (Å²) in [4.78, 5) is 2.55. The fourth-order valence-electron chi connectivity index (χ4n) is 3.49. The zero-order valence-corrected chi connectivity index (χ0v) is 12.9. The molecule has 1 fully saturated rings. The van der Waals surface area contributed by atoms with E-state index in [0.29, 0.717) is 5.41 Å². The summed E-state index contributed by atoms with van der Waals surface area (Å²) in [6.07, 6.45) is 2.42. The van der Waals surface area contributed by atoms with Gasteiger partial charge in [0.15, 0.2) is 0 Å². The summed E-state index contributed by atoms with van der Waals surface area (Å²) in [5.74, 6) is 0.764. The SMILES string of the molecule is Cc1cc(C)cc(N2CCC(CCN)C(C)(C)C2)c1. The Morgan fingerprint density at radius 3 is 2.37 bits per heavy atom. The predicted octanol–water partition coefficient (Wildman–Crippen LogP) is 3.50. The molecule has 1 aliphatic rings. The van der Waals surface area contributed by atoms with Crippen LogP contribution in [0.3, 0.4) is 0 Å². The molecule has 2 heteroatoms. The lowest BCUT2D eigenvalue weighted by molar-refractivity contribution is 0.167. The molecular formula is C17H28N2. The maximum absolute atomic E-state index is 5.75. The number of piperidine rings is 1. The Labute approximate surface area is 118 Å². The fourth-order valence-corrected chi connectivity index (χ4v) is 3.49. The van der Waals surface area contributed by atoms with Gasteiger partial charge in [0.2, 0.25) is 0 Å². The second-order valence-corrected chi connectivity index (χ2v) is 6.82. The normalized spacial score (nSPS) is 22.6. The van der Waals surface area contributed by atoms with Crippen molar-refractivity contribution in [3.63, 3.8) is 0 Å². The molecule has 0 bridgehead atoms. The van der Waals surface area contributed by atoms with Crippen LogP contribution in [-0.2, 0) is 0 Å².